The molecule has 0 aliphatic heterocycles. The van der Waals surface area contributed by atoms with Gasteiger partial charge >= 0.3 is 5.97 Å². The minimum Gasteiger partial charge on any atom is -0.395 e. The van der Waals surface area contributed by atoms with E-state index in [1.807, 2.05) is 5.59 Å². The molecule has 4 N–H and O–H groups in total. The highest BCUT2D eigenvalue weighted by molar-refractivity contribution is 5.69. The van der Waals surface area contributed by atoms with Crippen LogP contribution in [0.25, 0.3) is 0 Å². The molecule has 16 heavy (non-hydrogen) atoms. The zero-order valence-corrected chi connectivity index (χ0v) is 9.52. The zero-order chi connectivity index (χ0) is 11.8. The minimum atomic E-state index is -0.372. The number of aliphatic hydroxyl groups excluding tert-OH is 1. The van der Waals surface area contributed by atoms with E-state index < -0.39 is 0 Å². The second-order valence-corrected chi connectivity index (χ2v) is 4.04. The summed E-state index contributed by atoms with van der Waals surface area (Å²) in [6, 6.07) is 0.505. The normalized spacial score (nSPS) is 16.9. The molecule has 0 spiro atoms. The van der Waals surface area contributed by atoms with Gasteiger partial charge in [0.05, 0.1) is 13.0 Å². The Hall–Kier alpha value is -0.690. The molecule has 0 unspecified atom stereocenters. The van der Waals surface area contributed by atoms with E-state index in [0.29, 0.717) is 25.6 Å². The number of nitrogens with one attached hydrogen (secondary N) is 1. The van der Waals surface area contributed by atoms with Crippen molar-refractivity contribution in [2.24, 2.45) is 5.84 Å². The molecule has 1 aliphatic carbocycles. The molecule has 0 aromatic carbocycles. The molecule has 0 radical (unpaired) electrons. The van der Waals surface area contributed by atoms with Crippen LogP contribution < -0.4 is 11.4 Å². The van der Waals surface area contributed by atoms with Crippen molar-refractivity contribution >= 4 is 5.97 Å². The number of hydrazine groups is 1. The van der Waals surface area contributed by atoms with Crippen LogP contribution in [0, 0.1) is 0 Å². The summed E-state index contributed by atoms with van der Waals surface area (Å²) in [5.41, 5.74) is 1.88. The first-order chi connectivity index (χ1) is 7.77. The fraction of sp³-hybridized carbons (Fsp3) is 0.900. The smallest absolute Gasteiger partial charge is 0.327 e. The van der Waals surface area contributed by atoms with Gasteiger partial charge in [-0.05, 0) is 12.8 Å². The largest absolute Gasteiger partial charge is 0.395 e. The summed E-state index contributed by atoms with van der Waals surface area (Å²) < 4.78 is 0. The highest BCUT2D eigenvalue weighted by atomic mass is 16.7. The summed E-state index contributed by atoms with van der Waals surface area (Å²) in [5.74, 6) is 4.50. The molecule has 6 heteroatoms. The minimum absolute atomic E-state index is 0.126. The molecule has 1 rings (SSSR count). The Kier molecular flexibility index (Phi) is 6.32. The zero-order valence-electron chi connectivity index (χ0n) is 9.52. The van der Waals surface area contributed by atoms with Crippen molar-refractivity contribution in [2.75, 3.05) is 19.7 Å². The van der Waals surface area contributed by atoms with Crippen molar-refractivity contribution in [1.82, 2.24) is 10.5 Å². The van der Waals surface area contributed by atoms with Crippen LogP contribution in [0.1, 0.15) is 32.1 Å². The van der Waals surface area contributed by atoms with Gasteiger partial charge in [0.1, 0.15) is 0 Å². The van der Waals surface area contributed by atoms with E-state index in [1.54, 1.807) is 0 Å². The van der Waals surface area contributed by atoms with Crippen LogP contribution in [0.4, 0.5) is 0 Å². The van der Waals surface area contributed by atoms with Gasteiger partial charge in [0.2, 0.25) is 0 Å². The number of hydrogen-bond donors (Lipinski definition) is 3. The first-order valence-electron chi connectivity index (χ1n) is 5.78. The van der Waals surface area contributed by atoms with E-state index in [1.165, 1.54) is 12.8 Å². The van der Waals surface area contributed by atoms with Crippen LogP contribution in [0.5, 0.6) is 0 Å². The quantitative estimate of drug-likeness (QED) is 0.406. The van der Waals surface area contributed by atoms with Crippen molar-refractivity contribution in [3.8, 4) is 0 Å². The molecule has 0 amide bonds. The lowest BCUT2D eigenvalue weighted by Gasteiger charge is -2.27. The maximum absolute atomic E-state index is 11.1. The summed E-state index contributed by atoms with van der Waals surface area (Å²) >= 11 is 0. The molecule has 1 saturated carbocycles. The van der Waals surface area contributed by atoms with Crippen molar-refractivity contribution in [3.63, 3.8) is 0 Å². The van der Waals surface area contributed by atoms with E-state index in [-0.39, 0.29) is 12.6 Å². The molecule has 0 atom stereocenters. The SMILES string of the molecule is NNOC(=O)CCN(CCO)C1CCCC1. The lowest BCUT2D eigenvalue weighted by molar-refractivity contribution is -0.151. The standard InChI is InChI=1S/C10H21N3O3/c11-12-16-10(15)5-6-13(7-8-14)9-3-1-2-4-9/h9,12,14H,1-8,11H2. The van der Waals surface area contributed by atoms with Crippen LogP contribution in [-0.2, 0) is 9.63 Å². The first-order valence-corrected chi connectivity index (χ1v) is 5.78. The lowest BCUT2D eigenvalue weighted by atomic mass is 10.2. The number of carbonyl (C=O) groups is 1. The molecule has 1 fully saturated rings. The average molecular weight is 231 g/mol. The van der Waals surface area contributed by atoms with E-state index in [2.05, 4.69) is 9.74 Å². The molecule has 0 saturated heterocycles. The Morgan fingerprint density at radius 2 is 2.12 bits per heavy atom. The van der Waals surface area contributed by atoms with Crippen molar-refractivity contribution in [2.45, 2.75) is 38.1 Å². The van der Waals surface area contributed by atoms with E-state index in [9.17, 15) is 4.79 Å². The maximum Gasteiger partial charge on any atom is 0.327 e. The van der Waals surface area contributed by atoms with Gasteiger partial charge in [0.25, 0.3) is 0 Å². The third-order valence-electron chi connectivity index (χ3n) is 3.00. The van der Waals surface area contributed by atoms with E-state index in [4.69, 9.17) is 10.9 Å². The third kappa shape index (κ3) is 4.44. The van der Waals surface area contributed by atoms with E-state index in [0.717, 1.165) is 12.8 Å². The van der Waals surface area contributed by atoms with Crippen LogP contribution in [0.3, 0.4) is 0 Å². The predicted molar refractivity (Wildman–Crippen MR) is 58.9 cm³/mol. The summed E-state index contributed by atoms with van der Waals surface area (Å²) in [4.78, 5) is 17.7. The molecule has 0 aromatic rings. The number of rotatable bonds is 7. The molecule has 1 aliphatic rings. The fourth-order valence-electron chi connectivity index (χ4n) is 2.23. The van der Waals surface area contributed by atoms with Crippen LogP contribution in [0.2, 0.25) is 0 Å². The van der Waals surface area contributed by atoms with Crippen LogP contribution in [-0.4, -0.2) is 41.7 Å². The van der Waals surface area contributed by atoms with Gasteiger partial charge in [0, 0.05) is 19.1 Å². The summed E-state index contributed by atoms with van der Waals surface area (Å²) in [6.07, 6.45) is 5.08. The highest BCUT2D eigenvalue weighted by Gasteiger charge is 2.22. The van der Waals surface area contributed by atoms with Gasteiger partial charge in [-0.25, -0.2) is 5.84 Å². The summed E-state index contributed by atoms with van der Waals surface area (Å²) in [6.45, 7) is 1.36. The highest BCUT2D eigenvalue weighted by Crippen LogP contribution is 2.23. The fourth-order valence-corrected chi connectivity index (χ4v) is 2.23. The van der Waals surface area contributed by atoms with Crippen molar-refractivity contribution in [1.29, 1.82) is 0 Å². The number of hydrogen-bond acceptors (Lipinski definition) is 6. The number of nitrogens with two attached hydrogens (primary N) is 1. The molecule has 0 bridgehead atoms. The topological polar surface area (TPSA) is 87.8 Å². The molecular formula is C10H21N3O3. The van der Waals surface area contributed by atoms with E-state index >= 15 is 0 Å². The van der Waals surface area contributed by atoms with Gasteiger partial charge in [-0.3, -0.25) is 9.69 Å². The van der Waals surface area contributed by atoms with Gasteiger partial charge in [-0.15, -0.1) is 0 Å². The Balaban J connectivity index is 2.29. The van der Waals surface area contributed by atoms with Crippen LogP contribution >= 0.6 is 0 Å². The van der Waals surface area contributed by atoms with Crippen molar-refractivity contribution in [3.05, 3.63) is 0 Å². The van der Waals surface area contributed by atoms with Gasteiger partial charge in [0.15, 0.2) is 0 Å². The van der Waals surface area contributed by atoms with Crippen LogP contribution in [0.15, 0.2) is 0 Å². The Morgan fingerprint density at radius 1 is 1.44 bits per heavy atom. The monoisotopic (exact) mass is 231 g/mol. The second kappa shape index (κ2) is 7.56. The number of carbonyl (C=O) groups excluding carboxylic acids is 1. The Bertz CT molecular complexity index is 207. The maximum atomic E-state index is 11.1. The second-order valence-electron chi connectivity index (χ2n) is 4.04. The van der Waals surface area contributed by atoms with Gasteiger partial charge in [-0.1, -0.05) is 18.4 Å². The molecule has 0 aromatic heterocycles. The molecule has 94 valence electrons. The Morgan fingerprint density at radius 3 is 2.69 bits per heavy atom. The predicted octanol–water partition coefficient (Wildman–Crippen LogP) is -0.465. The summed E-state index contributed by atoms with van der Waals surface area (Å²) in [5, 5.41) is 8.98. The molecule has 6 nitrogen and oxygen atoms in total. The third-order valence-corrected chi connectivity index (χ3v) is 3.00. The van der Waals surface area contributed by atoms with Crippen molar-refractivity contribution < 1.29 is 14.7 Å². The number of aliphatic hydroxyl groups is 1. The van der Waals surface area contributed by atoms with Gasteiger partial charge in [-0.2, -0.15) is 0 Å². The molecular weight excluding hydrogens is 210 g/mol. The van der Waals surface area contributed by atoms with Gasteiger partial charge < -0.3 is 9.94 Å². The first kappa shape index (κ1) is 13.4. The average Bonchev–Trinajstić information content (AvgIpc) is 2.78. The number of nitrogens with zero attached hydrogens (tertiary/aromatic N) is 1. The summed E-state index contributed by atoms with van der Waals surface area (Å²) in [7, 11) is 0. The lowest BCUT2D eigenvalue weighted by Crippen LogP contribution is -2.38. The molecule has 0 heterocycles. The Labute approximate surface area is 95.7 Å².